The van der Waals surface area contributed by atoms with Crippen LogP contribution in [0.2, 0.25) is 0 Å². The summed E-state index contributed by atoms with van der Waals surface area (Å²) in [7, 11) is 0. The molecule has 1 aliphatic rings. The van der Waals surface area contributed by atoms with Gasteiger partial charge in [0.05, 0.1) is 18.8 Å². The molecule has 1 unspecified atom stereocenters. The minimum Gasteiger partial charge on any atom is -0.380 e. The van der Waals surface area contributed by atoms with Crippen molar-refractivity contribution in [1.29, 1.82) is 0 Å². The van der Waals surface area contributed by atoms with Gasteiger partial charge in [-0.15, -0.1) is 0 Å². The van der Waals surface area contributed by atoms with Crippen LogP contribution < -0.4 is 5.73 Å². The van der Waals surface area contributed by atoms with Gasteiger partial charge in [-0.1, -0.05) is 0 Å². The van der Waals surface area contributed by atoms with Crippen LogP contribution in [0.3, 0.4) is 0 Å². The van der Waals surface area contributed by atoms with Crippen LogP contribution in [0.1, 0.15) is 19.8 Å². The van der Waals surface area contributed by atoms with Gasteiger partial charge in [-0.05, 0) is 19.8 Å². The van der Waals surface area contributed by atoms with Crippen LogP contribution in [0.15, 0.2) is 0 Å². The number of rotatable bonds is 3. The quantitative estimate of drug-likeness (QED) is 0.653. The number of nitrogens with two attached hydrogens (primary N) is 1. The number of hydrogen-bond donors (Lipinski definition) is 1. The van der Waals surface area contributed by atoms with Crippen molar-refractivity contribution in [3.8, 4) is 0 Å². The fraction of sp³-hybridized carbons (Fsp3) is 1.00. The number of hydrogen-bond acceptors (Lipinski definition) is 3. The minimum absolute atomic E-state index is 0.214. The van der Waals surface area contributed by atoms with E-state index in [9.17, 15) is 0 Å². The Morgan fingerprint density at radius 3 is 3.00 bits per heavy atom. The summed E-state index contributed by atoms with van der Waals surface area (Å²) in [6, 6.07) is 0. The average molecular weight is 159 g/mol. The van der Waals surface area contributed by atoms with E-state index >= 15 is 0 Å². The molecular weight excluding hydrogens is 142 g/mol. The molecule has 3 nitrogen and oxygen atoms in total. The summed E-state index contributed by atoms with van der Waals surface area (Å²) in [4.78, 5) is 0. The monoisotopic (exact) mass is 159 g/mol. The van der Waals surface area contributed by atoms with E-state index in [1.807, 2.05) is 6.92 Å². The van der Waals surface area contributed by atoms with Gasteiger partial charge in [-0.2, -0.15) is 0 Å². The molecule has 1 aliphatic heterocycles. The van der Waals surface area contributed by atoms with E-state index in [1.54, 1.807) is 0 Å². The molecule has 11 heavy (non-hydrogen) atoms. The van der Waals surface area contributed by atoms with Crippen molar-refractivity contribution in [2.75, 3.05) is 26.4 Å². The molecule has 0 bridgehead atoms. The van der Waals surface area contributed by atoms with Crippen LogP contribution in [0.25, 0.3) is 0 Å². The first-order chi connectivity index (χ1) is 5.27. The summed E-state index contributed by atoms with van der Waals surface area (Å²) in [5.41, 5.74) is 5.78. The van der Waals surface area contributed by atoms with Crippen LogP contribution >= 0.6 is 0 Å². The van der Waals surface area contributed by atoms with Crippen molar-refractivity contribution in [3.05, 3.63) is 0 Å². The van der Waals surface area contributed by atoms with Crippen molar-refractivity contribution in [3.63, 3.8) is 0 Å². The van der Waals surface area contributed by atoms with Crippen molar-refractivity contribution in [1.82, 2.24) is 0 Å². The summed E-state index contributed by atoms with van der Waals surface area (Å²) in [6.45, 7) is 4.84. The first kappa shape index (κ1) is 8.97. The van der Waals surface area contributed by atoms with Crippen molar-refractivity contribution in [2.24, 2.45) is 5.73 Å². The molecule has 0 amide bonds. The van der Waals surface area contributed by atoms with Crippen LogP contribution in [-0.2, 0) is 9.47 Å². The lowest BCUT2D eigenvalue weighted by Crippen LogP contribution is -2.51. The van der Waals surface area contributed by atoms with Crippen molar-refractivity contribution in [2.45, 2.75) is 25.3 Å². The van der Waals surface area contributed by atoms with E-state index in [1.165, 1.54) is 0 Å². The first-order valence-corrected chi connectivity index (χ1v) is 4.21. The van der Waals surface area contributed by atoms with Gasteiger partial charge in [-0.25, -0.2) is 0 Å². The molecule has 1 atom stereocenters. The van der Waals surface area contributed by atoms with E-state index in [-0.39, 0.29) is 5.54 Å². The Morgan fingerprint density at radius 2 is 2.45 bits per heavy atom. The maximum Gasteiger partial charge on any atom is 0.0668 e. The Balaban J connectivity index is 2.25. The molecular formula is C8H17NO2. The maximum atomic E-state index is 6.00. The van der Waals surface area contributed by atoms with E-state index in [0.717, 1.165) is 26.1 Å². The van der Waals surface area contributed by atoms with E-state index in [2.05, 4.69) is 0 Å². The summed E-state index contributed by atoms with van der Waals surface area (Å²) in [5.74, 6) is 0. The Morgan fingerprint density at radius 1 is 1.64 bits per heavy atom. The lowest BCUT2D eigenvalue weighted by molar-refractivity contribution is -0.00886. The highest BCUT2D eigenvalue weighted by Crippen LogP contribution is 2.16. The first-order valence-electron chi connectivity index (χ1n) is 4.21. The van der Waals surface area contributed by atoms with E-state index in [4.69, 9.17) is 15.2 Å². The molecule has 0 aromatic carbocycles. The molecule has 1 fully saturated rings. The van der Waals surface area contributed by atoms with Gasteiger partial charge in [0.1, 0.15) is 0 Å². The summed E-state index contributed by atoms with van der Waals surface area (Å²) in [6.07, 6.45) is 2.08. The predicted octanol–water partition coefficient (Wildman–Crippen LogP) is 0.531. The molecule has 2 N–H and O–H groups in total. The van der Waals surface area contributed by atoms with Gasteiger partial charge >= 0.3 is 0 Å². The predicted molar refractivity (Wildman–Crippen MR) is 43.5 cm³/mol. The Bertz CT molecular complexity index is 111. The van der Waals surface area contributed by atoms with E-state index in [0.29, 0.717) is 13.2 Å². The fourth-order valence-electron chi connectivity index (χ4n) is 1.29. The zero-order chi connectivity index (χ0) is 8.16. The van der Waals surface area contributed by atoms with Crippen molar-refractivity contribution < 1.29 is 9.47 Å². The molecule has 3 heteroatoms. The van der Waals surface area contributed by atoms with Gasteiger partial charge in [-0.3, -0.25) is 0 Å². The highest BCUT2D eigenvalue weighted by molar-refractivity contribution is 4.85. The highest BCUT2D eigenvalue weighted by atomic mass is 16.5. The Hall–Kier alpha value is -0.120. The van der Waals surface area contributed by atoms with Crippen LogP contribution in [0.5, 0.6) is 0 Å². The zero-order valence-corrected chi connectivity index (χ0v) is 7.14. The van der Waals surface area contributed by atoms with Gasteiger partial charge in [0, 0.05) is 13.2 Å². The Kier molecular flexibility index (Phi) is 3.30. The largest absolute Gasteiger partial charge is 0.380 e. The smallest absolute Gasteiger partial charge is 0.0668 e. The molecule has 0 saturated carbocycles. The normalized spacial score (nSPS) is 32.2. The second kappa shape index (κ2) is 4.04. The molecule has 0 aromatic heterocycles. The van der Waals surface area contributed by atoms with Crippen LogP contribution in [0, 0.1) is 0 Å². The summed E-state index contributed by atoms with van der Waals surface area (Å²) in [5, 5.41) is 0. The van der Waals surface area contributed by atoms with Crippen LogP contribution in [-0.4, -0.2) is 32.0 Å². The SMILES string of the molecule is CCOCC1(N)CCCOC1. The average Bonchev–Trinajstić information content (AvgIpc) is 2.03. The second-order valence-electron chi connectivity index (χ2n) is 3.16. The fourth-order valence-corrected chi connectivity index (χ4v) is 1.29. The number of ether oxygens (including phenoxy) is 2. The molecule has 1 saturated heterocycles. The van der Waals surface area contributed by atoms with E-state index < -0.39 is 0 Å². The standard InChI is InChI=1S/C8H17NO2/c1-2-10-6-8(9)4-3-5-11-7-8/h2-7,9H2,1H3. The highest BCUT2D eigenvalue weighted by Gasteiger charge is 2.28. The van der Waals surface area contributed by atoms with Gasteiger partial charge in [0.15, 0.2) is 0 Å². The van der Waals surface area contributed by atoms with Gasteiger partial charge in [0.25, 0.3) is 0 Å². The topological polar surface area (TPSA) is 44.5 Å². The third-order valence-electron chi connectivity index (χ3n) is 1.95. The minimum atomic E-state index is -0.214. The molecule has 0 aliphatic carbocycles. The summed E-state index contributed by atoms with van der Waals surface area (Å²) < 4.78 is 10.5. The van der Waals surface area contributed by atoms with Gasteiger partial charge in [0.2, 0.25) is 0 Å². The third-order valence-corrected chi connectivity index (χ3v) is 1.95. The van der Waals surface area contributed by atoms with Gasteiger partial charge < -0.3 is 15.2 Å². The molecule has 0 radical (unpaired) electrons. The molecule has 0 aromatic rings. The third kappa shape index (κ3) is 2.77. The molecule has 1 rings (SSSR count). The lowest BCUT2D eigenvalue weighted by atomic mass is 9.95. The zero-order valence-electron chi connectivity index (χ0n) is 7.14. The Labute approximate surface area is 67.9 Å². The maximum absolute atomic E-state index is 6.00. The molecule has 66 valence electrons. The summed E-state index contributed by atoms with van der Waals surface area (Å²) >= 11 is 0. The molecule has 1 heterocycles. The molecule has 0 spiro atoms. The lowest BCUT2D eigenvalue weighted by Gasteiger charge is -2.32. The van der Waals surface area contributed by atoms with Crippen LogP contribution in [0.4, 0.5) is 0 Å². The van der Waals surface area contributed by atoms with Crippen molar-refractivity contribution >= 4 is 0 Å². The second-order valence-corrected chi connectivity index (χ2v) is 3.16.